The van der Waals surface area contributed by atoms with E-state index in [4.69, 9.17) is 14.2 Å². The van der Waals surface area contributed by atoms with Crippen molar-refractivity contribution in [1.29, 1.82) is 0 Å². The number of benzene rings is 2. The molecule has 4 aliphatic rings. The molecule has 2 aromatic rings. The van der Waals surface area contributed by atoms with Gasteiger partial charge in [0.05, 0.1) is 18.4 Å². The lowest BCUT2D eigenvalue weighted by molar-refractivity contribution is -0.145. The van der Waals surface area contributed by atoms with Crippen molar-refractivity contribution in [2.45, 2.75) is 155 Å². The predicted octanol–water partition coefficient (Wildman–Crippen LogP) is 11.8. The fourth-order valence-electron chi connectivity index (χ4n) is 8.52. The molecule has 0 saturated heterocycles. The minimum absolute atomic E-state index is 0.158. The third kappa shape index (κ3) is 10.3. The zero-order valence-electron chi connectivity index (χ0n) is 34.8. The Balaban J connectivity index is 0.000000220. The molecule has 0 unspecified atom stereocenters. The summed E-state index contributed by atoms with van der Waals surface area (Å²) in [4.78, 5) is 23.6. The lowest BCUT2D eigenvalue weighted by atomic mass is 9.67. The van der Waals surface area contributed by atoms with Gasteiger partial charge >= 0.3 is 11.9 Å². The van der Waals surface area contributed by atoms with E-state index in [1.165, 1.54) is 24.0 Å². The molecule has 2 aliphatic heterocycles. The van der Waals surface area contributed by atoms with Crippen molar-refractivity contribution >= 4 is 27.9 Å². The number of phenols is 2. The lowest BCUT2D eigenvalue weighted by Gasteiger charge is -2.47. The first kappa shape index (κ1) is 44.3. The second kappa shape index (κ2) is 18.7. The van der Waals surface area contributed by atoms with E-state index in [1.807, 2.05) is 13.0 Å². The smallest absolute Gasteiger partial charge is 0.313 e. The molecule has 2 aliphatic carbocycles. The van der Waals surface area contributed by atoms with Gasteiger partial charge < -0.3 is 29.5 Å². The van der Waals surface area contributed by atoms with E-state index in [2.05, 4.69) is 83.5 Å². The van der Waals surface area contributed by atoms with Crippen LogP contribution in [0.3, 0.4) is 0 Å². The standard InChI is InChI=1S/C23H32O4.C19H24O4.C4H9Br/c1-6-7-10-26-22(25)15(3)16-12-19(24)21-17-11-14(2)8-9-18(17)23(4,5)27-20(21)13-16;1-10-5-6-14-13(7-10)17-15(20)8-12(11(2)18(21)22)9-16(17)23-19(14,3)4;1-2-3-4-5/h8,12-13,15,17-18,24H,6-7,9-11H2,1-5H3;5,8-9,11,13-14,20H,6-7H2,1-4H3,(H,21,22);2-4H2,1H3/t15-,17-,18-;11-,13-,14-;/m11./s1. The molecule has 6 atom stereocenters. The number of carboxylic acid groups (broad SMARTS) is 1. The summed E-state index contributed by atoms with van der Waals surface area (Å²) in [5.74, 6) is 0.562. The molecule has 9 heteroatoms. The van der Waals surface area contributed by atoms with Crippen LogP contribution in [0, 0.1) is 11.8 Å². The maximum absolute atomic E-state index is 12.3. The highest BCUT2D eigenvalue weighted by molar-refractivity contribution is 9.09. The summed E-state index contributed by atoms with van der Waals surface area (Å²) in [5.41, 5.74) is 5.08. The fraction of sp³-hybridized carbons (Fsp3) is 0.609. The van der Waals surface area contributed by atoms with Crippen LogP contribution in [0.1, 0.15) is 167 Å². The molecule has 55 heavy (non-hydrogen) atoms. The first-order chi connectivity index (χ1) is 25.9. The highest BCUT2D eigenvalue weighted by Crippen LogP contribution is 2.56. The van der Waals surface area contributed by atoms with E-state index in [9.17, 15) is 24.9 Å². The van der Waals surface area contributed by atoms with Crippen LogP contribution >= 0.6 is 15.9 Å². The Morgan fingerprint density at radius 2 is 1.22 bits per heavy atom. The van der Waals surface area contributed by atoms with Gasteiger partial charge in [0.1, 0.15) is 34.2 Å². The molecule has 0 bridgehead atoms. The summed E-state index contributed by atoms with van der Waals surface area (Å²) in [6.45, 7) is 20.8. The molecule has 0 radical (unpaired) electrons. The molecule has 304 valence electrons. The molecule has 2 heterocycles. The molecular weight excluding hydrogens is 760 g/mol. The summed E-state index contributed by atoms with van der Waals surface area (Å²) in [5, 5.41) is 31.8. The Kier molecular flexibility index (Phi) is 15.0. The van der Waals surface area contributed by atoms with Crippen molar-refractivity contribution in [2.75, 3.05) is 11.9 Å². The van der Waals surface area contributed by atoms with E-state index < -0.39 is 17.8 Å². The number of unbranched alkanes of at least 4 members (excludes halogenated alkanes) is 2. The minimum atomic E-state index is -0.909. The third-order valence-corrected chi connectivity index (χ3v) is 12.6. The zero-order chi connectivity index (χ0) is 40.8. The normalized spacial score (nSPS) is 23.6. The van der Waals surface area contributed by atoms with Gasteiger partial charge in [-0.15, -0.1) is 0 Å². The van der Waals surface area contributed by atoms with Gasteiger partial charge in [-0.25, -0.2) is 0 Å². The lowest BCUT2D eigenvalue weighted by Crippen LogP contribution is -2.45. The van der Waals surface area contributed by atoms with Crippen LogP contribution in [-0.2, 0) is 14.3 Å². The van der Waals surface area contributed by atoms with Crippen molar-refractivity contribution < 1.29 is 39.1 Å². The van der Waals surface area contributed by atoms with Gasteiger partial charge in [-0.2, -0.15) is 0 Å². The average molecular weight is 826 g/mol. The molecule has 0 fully saturated rings. The van der Waals surface area contributed by atoms with Gasteiger partial charge in [0.15, 0.2) is 0 Å². The van der Waals surface area contributed by atoms with Crippen LogP contribution in [0.25, 0.3) is 0 Å². The van der Waals surface area contributed by atoms with Crippen molar-refractivity contribution in [1.82, 2.24) is 0 Å². The summed E-state index contributed by atoms with van der Waals surface area (Å²) in [6, 6.07) is 7.02. The first-order valence-corrected chi connectivity index (χ1v) is 21.4. The predicted molar refractivity (Wildman–Crippen MR) is 223 cm³/mol. The number of aliphatic carboxylic acids is 1. The SMILES string of the molecule is CC1=CC[C@@H]2[C@@H](C1)c1c(O)cc([C@@H](C)C(=O)O)cc1OC2(C)C.CCCCBr.CCCCOC(=O)[C@H](C)c1cc(O)c2c(c1)OC(C)(C)[C@@H]1CC=C(C)C[C@@H]21. The largest absolute Gasteiger partial charge is 0.508 e. The Morgan fingerprint density at radius 3 is 1.60 bits per heavy atom. The van der Waals surface area contributed by atoms with Crippen molar-refractivity contribution in [2.24, 2.45) is 11.8 Å². The Bertz CT molecular complexity index is 1740. The number of aromatic hydroxyl groups is 2. The van der Waals surface area contributed by atoms with Crippen molar-refractivity contribution in [3.8, 4) is 23.0 Å². The number of rotatable bonds is 9. The minimum Gasteiger partial charge on any atom is -0.508 e. The molecule has 0 amide bonds. The number of alkyl halides is 1. The second-order valence-corrected chi connectivity index (χ2v) is 17.9. The van der Waals surface area contributed by atoms with Gasteiger partial charge in [0.2, 0.25) is 0 Å². The van der Waals surface area contributed by atoms with Gasteiger partial charge in [-0.3, -0.25) is 9.59 Å². The number of carbonyl (C=O) groups is 2. The topological polar surface area (TPSA) is 123 Å². The third-order valence-electron chi connectivity index (χ3n) is 12.0. The Labute approximate surface area is 337 Å². The summed E-state index contributed by atoms with van der Waals surface area (Å²) in [7, 11) is 0. The number of carbonyl (C=O) groups excluding carboxylic acids is 1. The maximum Gasteiger partial charge on any atom is 0.313 e. The summed E-state index contributed by atoms with van der Waals surface area (Å²) in [6.07, 6.45) is 12.7. The second-order valence-electron chi connectivity index (χ2n) is 17.1. The zero-order valence-corrected chi connectivity index (χ0v) is 36.3. The molecular formula is C46H65BrO8. The number of allylic oxidation sites excluding steroid dienone is 4. The Morgan fingerprint density at radius 1 is 0.782 bits per heavy atom. The molecule has 0 aromatic heterocycles. The van der Waals surface area contributed by atoms with Crippen LogP contribution in [0.15, 0.2) is 47.6 Å². The molecule has 2 aromatic carbocycles. The van der Waals surface area contributed by atoms with E-state index >= 15 is 0 Å². The number of carboxylic acids is 1. The van der Waals surface area contributed by atoms with Gasteiger partial charge in [0, 0.05) is 40.1 Å². The van der Waals surface area contributed by atoms with Gasteiger partial charge in [-0.05, 0) is 129 Å². The van der Waals surface area contributed by atoms with Crippen LogP contribution in [0.5, 0.6) is 23.0 Å². The molecule has 8 nitrogen and oxygen atoms in total. The number of ether oxygens (including phenoxy) is 3. The van der Waals surface area contributed by atoms with E-state index in [1.54, 1.807) is 25.1 Å². The number of halogens is 1. The van der Waals surface area contributed by atoms with Gasteiger partial charge in [0.25, 0.3) is 0 Å². The quantitative estimate of drug-likeness (QED) is 0.0989. The Hall–Kier alpha value is -3.46. The summed E-state index contributed by atoms with van der Waals surface area (Å²) < 4.78 is 17.9. The van der Waals surface area contributed by atoms with Gasteiger partial charge in [-0.1, -0.05) is 65.9 Å². The van der Waals surface area contributed by atoms with Crippen LogP contribution in [0.4, 0.5) is 0 Å². The number of phenolic OH excluding ortho intramolecular Hbond substituents is 2. The molecule has 3 N–H and O–H groups in total. The molecule has 0 saturated carbocycles. The maximum atomic E-state index is 12.3. The van der Waals surface area contributed by atoms with Crippen LogP contribution < -0.4 is 9.47 Å². The molecule has 6 rings (SSSR count). The summed E-state index contributed by atoms with van der Waals surface area (Å²) >= 11 is 3.31. The average Bonchev–Trinajstić information content (AvgIpc) is 3.10. The van der Waals surface area contributed by atoms with Crippen molar-refractivity contribution in [3.63, 3.8) is 0 Å². The van der Waals surface area contributed by atoms with E-state index in [0.29, 0.717) is 35.5 Å². The number of hydrogen-bond acceptors (Lipinski definition) is 7. The van der Waals surface area contributed by atoms with Crippen LogP contribution in [-0.4, -0.2) is 50.4 Å². The number of hydrogen-bond donors (Lipinski definition) is 3. The first-order valence-electron chi connectivity index (χ1n) is 20.2. The van der Waals surface area contributed by atoms with Crippen LogP contribution in [0.2, 0.25) is 0 Å². The monoisotopic (exact) mass is 824 g/mol. The van der Waals surface area contributed by atoms with E-state index in [0.717, 1.165) is 60.5 Å². The number of esters is 1. The highest BCUT2D eigenvalue weighted by Gasteiger charge is 2.47. The fourth-order valence-corrected chi connectivity index (χ4v) is 9.09. The van der Waals surface area contributed by atoms with Crippen molar-refractivity contribution in [3.05, 3.63) is 69.8 Å². The molecule has 0 spiro atoms. The number of fused-ring (bicyclic) bond motifs is 6. The van der Waals surface area contributed by atoms with E-state index in [-0.39, 0.29) is 40.5 Å². The highest BCUT2D eigenvalue weighted by atomic mass is 79.9.